The van der Waals surface area contributed by atoms with Gasteiger partial charge in [0, 0.05) is 5.57 Å². The fraction of sp³-hybridized carbons (Fsp3) is 0.429. The number of carbonyl (C=O) groups excluding carboxylic acids is 2. The number of rotatable bonds is 1. The van der Waals surface area contributed by atoms with E-state index in [4.69, 9.17) is 0 Å². The molecule has 72 valence electrons. The highest BCUT2D eigenvalue weighted by Crippen LogP contribution is 2.23. The molecule has 13 heavy (non-hydrogen) atoms. The van der Waals surface area contributed by atoms with Gasteiger partial charge in [0.2, 0.25) is 5.91 Å². The van der Waals surface area contributed by atoms with Gasteiger partial charge in [0.25, 0.3) is 5.91 Å². The Morgan fingerprint density at radius 3 is 2.23 bits per heavy atom. The van der Waals surface area contributed by atoms with Crippen LogP contribution >= 0.6 is 0 Å². The number of hydrogen-bond donors (Lipinski definition) is 0. The van der Waals surface area contributed by atoms with Crippen LogP contribution in [0, 0.1) is 0 Å². The minimum atomic E-state index is -4.55. The second kappa shape index (κ2) is 2.86. The molecule has 0 saturated carbocycles. The van der Waals surface area contributed by atoms with E-state index in [1.54, 1.807) is 0 Å². The molecule has 0 aromatic heterocycles. The molecule has 2 amide bonds. The van der Waals surface area contributed by atoms with Gasteiger partial charge in [-0.3, -0.25) is 14.5 Å². The van der Waals surface area contributed by atoms with Crippen molar-refractivity contribution in [2.75, 3.05) is 6.54 Å². The Bertz CT molecular complexity index is 282. The SMILES string of the molecule is C=C1CC(=O)N(CC(F)(F)F)C1=O. The molecule has 1 aliphatic heterocycles. The van der Waals surface area contributed by atoms with Crippen LogP contribution in [0.1, 0.15) is 6.42 Å². The summed E-state index contributed by atoms with van der Waals surface area (Å²) in [5.74, 6) is -1.77. The highest BCUT2D eigenvalue weighted by Gasteiger charge is 2.40. The van der Waals surface area contributed by atoms with Crippen molar-refractivity contribution in [3.63, 3.8) is 0 Å². The van der Waals surface area contributed by atoms with Crippen molar-refractivity contribution < 1.29 is 22.8 Å². The van der Waals surface area contributed by atoms with Crippen molar-refractivity contribution in [2.45, 2.75) is 12.6 Å². The zero-order chi connectivity index (χ0) is 10.2. The fourth-order valence-electron chi connectivity index (χ4n) is 0.997. The molecule has 1 aliphatic rings. The summed E-state index contributed by atoms with van der Waals surface area (Å²) < 4.78 is 35.4. The van der Waals surface area contributed by atoms with Gasteiger partial charge in [-0.1, -0.05) is 6.58 Å². The number of halogens is 3. The number of imide groups is 1. The van der Waals surface area contributed by atoms with Gasteiger partial charge in [-0.2, -0.15) is 13.2 Å². The molecule has 0 N–H and O–H groups in total. The van der Waals surface area contributed by atoms with Gasteiger partial charge in [0.1, 0.15) is 6.54 Å². The normalized spacial score (nSPS) is 18.7. The van der Waals surface area contributed by atoms with Crippen molar-refractivity contribution in [3.8, 4) is 0 Å². The molecule has 1 fully saturated rings. The molecule has 1 saturated heterocycles. The highest BCUT2D eigenvalue weighted by molar-refractivity contribution is 6.12. The molecular formula is C7H6F3NO2. The predicted molar refractivity (Wildman–Crippen MR) is 36.5 cm³/mol. The Morgan fingerprint density at radius 2 is 1.92 bits per heavy atom. The first-order valence-corrected chi connectivity index (χ1v) is 3.40. The molecule has 0 unspecified atom stereocenters. The summed E-state index contributed by atoms with van der Waals surface area (Å²) in [5.41, 5.74) is -0.0887. The van der Waals surface area contributed by atoms with Crippen LogP contribution in [0.5, 0.6) is 0 Å². The number of alkyl halides is 3. The van der Waals surface area contributed by atoms with Crippen LogP contribution < -0.4 is 0 Å². The number of likely N-dealkylation sites (tertiary alicyclic amines) is 1. The second-order valence-corrected chi connectivity index (χ2v) is 2.68. The van der Waals surface area contributed by atoms with E-state index in [9.17, 15) is 22.8 Å². The molecule has 0 aromatic rings. The lowest BCUT2D eigenvalue weighted by Gasteiger charge is -2.15. The van der Waals surface area contributed by atoms with Crippen LogP contribution in [0.2, 0.25) is 0 Å². The van der Waals surface area contributed by atoms with Crippen LogP contribution in [0.15, 0.2) is 12.2 Å². The number of nitrogens with zero attached hydrogens (tertiary/aromatic N) is 1. The van der Waals surface area contributed by atoms with E-state index in [-0.39, 0.29) is 16.9 Å². The van der Waals surface area contributed by atoms with Crippen LogP contribution in [-0.4, -0.2) is 29.4 Å². The monoisotopic (exact) mass is 193 g/mol. The van der Waals surface area contributed by atoms with Crippen molar-refractivity contribution in [2.24, 2.45) is 0 Å². The van der Waals surface area contributed by atoms with E-state index in [2.05, 4.69) is 6.58 Å². The van der Waals surface area contributed by atoms with Gasteiger partial charge in [-0.25, -0.2) is 0 Å². The summed E-state index contributed by atoms with van der Waals surface area (Å²) in [4.78, 5) is 21.9. The van der Waals surface area contributed by atoms with Gasteiger partial charge < -0.3 is 0 Å². The third kappa shape index (κ3) is 2.07. The third-order valence-electron chi connectivity index (χ3n) is 1.55. The van der Waals surface area contributed by atoms with Crippen LogP contribution in [0.25, 0.3) is 0 Å². The molecule has 1 heterocycles. The standard InChI is InChI=1S/C7H6F3NO2/c1-4-2-5(12)11(6(4)13)3-7(8,9)10/h1-3H2. The van der Waals surface area contributed by atoms with Gasteiger partial charge >= 0.3 is 6.18 Å². The Morgan fingerprint density at radius 1 is 1.38 bits per heavy atom. The maximum atomic E-state index is 11.8. The summed E-state index contributed by atoms with van der Waals surface area (Å²) in [6.45, 7) is 1.66. The zero-order valence-corrected chi connectivity index (χ0v) is 6.52. The first-order chi connectivity index (χ1) is 5.81. The number of amides is 2. The maximum absolute atomic E-state index is 11.8. The molecule has 0 bridgehead atoms. The first-order valence-electron chi connectivity index (χ1n) is 3.40. The average molecular weight is 193 g/mol. The van der Waals surface area contributed by atoms with Gasteiger partial charge in [-0.15, -0.1) is 0 Å². The van der Waals surface area contributed by atoms with E-state index in [1.165, 1.54) is 0 Å². The summed E-state index contributed by atoms with van der Waals surface area (Å²) >= 11 is 0. The lowest BCUT2D eigenvalue weighted by atomic mass is 10.3. The summed E-state index contributed by atoms with van der Waals surface area (Å²) in [6.07, 6.45) is -4.86. The van der Waals surface area contributed by atoms with Crippen molar-refractivity contribution >= 4 is 11.8 Å². The molecular weight excluding hydrogens is 187 g/mol. The van der Waals surface area contributed by atoms with Crippen LogP contribution in [0.4, 0.5) is 13.2 Å². The molecule has 1 rings (SSSR count). The molecule has 0 aromatic carbocycles. The maximum Gasteiger partial charge on any atom is 0.406 e. The molecule has 3 nitrogen and oxygen atoms in total. The quantitative estimate of drug-likeness (QED) is 0.457. The van der Waals surface area contributed by atoms with Crippen LogP contribution in [0.3, 0.4) is 0 Å². The van der Waals surface area contributed by atoms with Crippen molar-refractivity contribution in [3.05, 3.63) is 12.2 Å². The van der Waals surface area contributed by atoms with Gasteiger partial charge in [-0.05, 0) is 0 Å². The van der Waals surface area contributed by atoms with Gasteiger partial charge in [0.05, 0.1) is 6.42 Å². The Hall–Kier alpha value is -1.33. The van der Waals surface area contributed by atoms with Crippen LogP contribution in [-0.2, 0) is 9.59 Å². The minimum Gasteiger partial charge on any atom is -0.274 e. The molecule has 6 heteroatoms. The Labute approximate surface area is 71.8 Å². The van der Waals surface area contributed by atoms with E-state index in [0.29, 0.717) is 0 Å². The number of hydrogen-bond acceptors (Lipinski definition) is 2. The Balaban J connectivity index is 2.76. The van der Waals surface area contributed by atoms with E-state index in [1.807, 2.05) is 0 Å². The summed E-state index contributed by atoms with van der Waals surface area (Å²) in [5, 5.41) is 0. The third-order valence-corrected chi connectivity index (χ3v) is 1.55. The van der Waals surface area contributed by atoms with E-state index in [0.717, 1.165) is 0 Å². The smallest absolute Gasteiger partial charge is 0.274 e. The van der Waals surface area contributed by atoms with Crippen molar-refractivity contribution in [1.82, 2.24) is 4.90 Å². The predicted octanol–water partition coefficient (Wildman–Crippen LogP) is 0.864. The average Bonchev–Trinajstić information content (AvgIpc) is 2.14. The zero-order valence-electron chi connectivity index (χ0n) is 6.52. The van der Waals surface area contributed by atoms with E-state index < -0.39 is 24.5 Å². The van der Waals surface area contributed by atoms with Gasteiger partial charge in [0.15, 0.2) is 0 Å². The molecule has 0 spiro atoms. The molecule has 0 aliphatic carbocycles. The number of carbonyl (C=O) groups is 2. The minimum absolute atomic E-state index is 0.0887. The molecule has 0 radical (unpaired) electrons. The summed E-state index contributed by atoms with van der Waals surface area (Å²) in [6, 6.07) is 0. The highest BCUT2D eigenvalue weighted by atomic mass is 19.4. The fourth-order valence-corrected chi connectivity index (χ4v) is 0.997. The summed E-state index contributed by atoms with van der Waals surface area (Å²) in [7, 11) is 0. The van der Waals surface area contributed by atoms with E-state index >= 15 is 0 Å². The Kier molecular flexibility index (Phi) is 2.15. The largest absolute Gasteiger partial charge is 0.406 e. The topological polar surface area (TPSA) is 37.4 Å². The second-order valence-electron chi connectivity index (χ2n) is 2.68. The first kappa shape index (κ1) is 9.76. The molecule has 0 atom stereocenters. The lowest BCUT2D eigenvalue weighted by molar-refractivity contribution is -0.164. The van der Waals surface area contributed by atoms with Crippen molar-refractivity contribution in [1.29, 1.82) is 0 Å². The lowest BCUT2D eigenvalue weighted by Crippen LogP contribution is -2.38.